The van der Waals surface area contributed by atoms with Crippen LogP contribution in [-0.2, 0) is 4.84 Å². The maximum absolute atomic E-state index is 12.1. The highest BCUT2D eigenvalue weighted by molar-refractivity contribution is 6.04. The van der Waals surface area contributed by atoms with Gasteiger partial charge in [0.05, 0.1) is 18.2 Å². The molecule has 1 aromatic carbocycles. The lowest BCUT2D eigenvalue weighted by molar-refractivity contribution is -0.255. The van der Waals surface area contributed by atoms with E-state index < -0.39 is 11.9 Å². The molecule has 26 heavy (non-hydrogen) atoms. The Bertz CT molecular complexity index is 756. The number of aromatic carboxylic acids is 1. The first-order valence-electron chi connectivity index (χ1n) is 9.05. The lowest BCUT2D eigenvalue weighted by atomic mass is 9.70. The second-order valence-electron chi connectivity index (χ2n) is 7.95. The Hall–Kier alpha value is -2.37. The first-order chi connectivity index (χ1) is 12.3. The van der Waals surface area contributed by atoms with Crippen LogP contribution in [0, 0.1) is 16.7 Å². The van der Waals surface area contributed by atoms with Gasteiger partial charge in [-0.05, 0) is 36.7 Å². The predicted molar refractivity (Wildman–Crippen MR) is 95.7 cm³/mol. The van der Waals surface area contributed by atoms with Crippen molar-refractivity contribution in [2.24, 2.45) is 21.9 Å². The van der Waals surface area contributed by atoms with E-state index in [1.165, 1.54) is 18.6 Å². The third kappa shape index (κ3) is 2.97. The van der Waals surface area contributed by atoms with E-state index in [-0.39, 0.29) is 35.1 Å². The van der Waals surface area contributed by atoms with E-state index in [1.807, 2.05) is 0 Å². The highest BCUT2D eigenvalue weighted by Crippen LogP contribution is 2.63. The van der Waals surface area contributed by atoms with Crippen molar-refractivity contribution in [3.05, 3.63) is 35.4 Å². The van der Waals surface area contributed by atoms with E-state index in [2.05, 4.69) is 31.2 Å². The molecule has 0 radical (unpaired) electrons. The first-order valence-corrected chi connectivity index (χ1v) is 9.05. The van der Waals surface area contributed by atoms with Crippen LogP contribution in [0.1, 0.15) is 60.7 Å². The van der Waals surface area contributed by atoms with E-state index in [0.29, 0.717) is 5.92 Å². The zero-order valence-corrected chi connectivity index (χ0v) is 15.5. The molecular formula is C20H25N2O4-. The maximum atomic E-state index is 12.1. The molecule has 1 aromatic rings. The van der Waals surface area contributed by atoms with E-state index >= 15 is 0 Å². The van der Waals surface area contributed by atoms with Gasteiger partial charge in [0.2, 0.25) is 0 Å². The van der Waals surface area contributed by atoms with Crippen LogP contribution in [0.2, 0.25) is 0 Å². The number of carboxylic acids is 1. The second kappa shape index (κ2) is 6.74. The Morgan fingerprint density at radius 3 is 2.54 bits per heavy atom. The molecule has 3 rings (SSSR count). The number of rotatable bonds is 6. The van der Waals surface area contributed by atoms with E-state index in [1.54, 1.807) is 12.1 Å². The number of amides is 1. The van der Waals surface area contributed by atoms with Crippen molar-refractivity contribution in [2.75, 3.05) is 13.2 Å². The molecule has 0 unspecified atom stereocenters. The van der Waals surface area contributed by atoms with Gasteiger partial charge in [0.1, 0.15) is 6.61 Å². The largest absolute Gasteiger partial charge is 0.545 e. The van der Waals surface area contributed by atoms with Gasteiger partial charge in [-0.25, -0.2) is 0 Å². The number of nitrogens with zero attached hydrogens (tertiary/aromatic N) is 1. The van der Waals surface area contributed by atoms with Crippen molar-refractivity contribution in [1.82, 2.24) is 5.32 Å². The predicted octanol–water partition coefficient (Wildman–Crippen LogP) is 2.00. The third-order valence-corrected chi connectivity index (χ3v) is 6.56. The number of carbonyl (C=O) groups excluding carboxylic acids is 2. The SMILES string of the molecule is CC1(C)[C@@H]2CC[C@]1(C)/C(=N/OCCNC(=O)c1ccccc1C(=O)[O-])C2. The van der Waals surface area contributed by atoms with Gasteiger partial charge >= 0.3 is 0 Å². The molecule has 2 bridgehead atoms. The molecule has 1 amide bonds. The van der Waals surface area contributed by atoms with Crippen LogP contribution < -0.4 is 10.4 Å². The normalized spacial score (nSPS) is 27.5. The van der Waals surface area contributed by atoms with Crippen LogP contribution in [0.5, 0.6) is 0 Å². The summed E-state index contributed by atoms with van der Waals surface area (Å²) in [6.07, 6.45) is 3.37. The monoisotopic (exact) mass is 357 g/mol. The molecule has 140 valence electrons. The van der Waals surface area contributed by atoms with Crippen LogP contribution >= 0.6 is 0 Å². The van der Waals surface area contributed by atoms with E-state index in [9.17, 15) is 14.7 Å². The Morgan fingerprint density at radius 2 is 1.96 bits per heavy atom. The minimum atomic E-state index is -1.37. The van der Waals surface area contributed by atoms with Crippen LogP contribution in [0.15, 0.2) is 29.4 Å². The standard InChI is InChI=1S/C20H26N2O4/c1-19(2)13-8-9-20(19,3)16(12-13)22-26-11-10-21-17(23)14-6-4-5-7-15(14)18(24)25/h4-7,13H,8-12H2,1-3H3,(H,21,23)(H,24,25)/p-1/b22-16+/t13-,20-/m1/s1. The summed E-state index contributed by atoms with van der Waals surface area (Å²) in [6.45, 7) is 7.37. The number of oxime groups is 1. The quantitative estimate of drug-likeness (QED) is 0.623. The Kier molecular flexibility index (Phi) is 4.78. The van der Waals surface area contributed by atoms with Gasteiger partial charge in [-0.1, -0.05) is 44.1 Å². The fourth-order valence-corrected chi connectivity index (χ4v) is 4.35. The molecule has 1 N–H and O–H groups in total. The lowest BCUT2D eigenvalue weighted by Crippen LogP contribution is -2.33. The van der Waals surface area contributed by atoms with Crippen LogP contribution in [0.4, 0.5) is 0 Å². The van der Waals surface area contributed by atoms with Crippen LogP contribution in [-0.4, -0.2) is 30.7 Å². The summed E-state index contributed by atoms with van der Waals surface area (Å²) < 4.78 is 0. The summed E-state index contributed by atoms with van der Waals surface area (Å²) in [7, 11) is 0. The minimum absolute atomic E-state index is 0.0844. The van der Waals surface area contributed by atoms with Gasteiger partial charge in [0, 0.05) is 16.5 Å². The van der Waals surface area contributed by atoms with Crippen molar-refractivity contribution >= 4 is 17.6 Å². The summed E-state index contributed by atoms with van der Waals surface area (Å²) >= 11 is 0. The number of hydrogen-bond acceptors (Lipinski definition) is 5. The number of benzene rings is 1. The van der Waals surface area contributed by atoms with Gasteiger partial charge < -0.3 is 20.1 Å². The van der Waals surface area contributed by atoms with E-state index in [4.69, 9.17) is 4.84 Å². The molecule has 0 aliphatic heterocycles. The molecule has 6 nitrogen and oxygen atoms in total. The summed E-state index contributed by atoms with van der Waals surface area (Å²) in [5, 5.41) is 18.1. The number of carbonyl (C=O) groups is 2. The van der Waals surface area contributed by atoms with Crippen LogP contribution in [0.3, 0.4) is 0 Å². The Balaban J connectivity index is 1.51. The molecule has 2 atom stereocenters. The maximum Gasteiger partial charge on any atom is 0.252 e. The third-order valence-electron chi connectivity index (χ3n) is 6.56. The highest BCUT2D eigenvalue weighted by Gasteiger charge is 2.60. The lowest BCUT2D eigenvalue weighted by Gasteiger charge is -2.34. The van der Waals surface area contributed by atoms with Crippen molar-refractivity contribution in [1.29, 1.82) is 0 Å². The van der Waals surface area contributed by atoms with Gasteiger partial charge in [-0.3, -0.25) is 4.79 Å². The molecule has 2 saturated carbocycles. The summed E-state index contributed by atoms with van der Waals surface area (Å²) in [5.74, 6) is -1.17. The summed E-state index contributed by atoms with van der Waals surface area (Å²) in [6, 6.07) is 5.98. The summed E-state index contributed by atoms with van der Waals surface area (Å²) in [4.78, 5) is 28.6. The molecule has 6 heteroatoms. The minimum Gasteiger partial charge on any atom is -0.545 e. The number of carboxylic acid groups (broad SMARTS) is 1. The molecule has 0 heterocycles. The van der Waals surface area contributed by atoms with Crippen molar-refractivity contribution < 1.29 is 19.5 Å². The molecular weight excluding hydrogens is 332 g/mol. The molecule has 2 aliphatic rings. The van der Waals surface area contributed by atoms with Gasteiger partial charge in [0.25, 0.3) is 5.91 Å². The zero-order valence-electron chi connectivity index (χ0n) is 15.5. The number of nitrogens with one attached hydrogen (secondary N) is 1. The molecule has 2 aliphatic carbocycles. The number of fused-ring (bicyclic) bond motifs is 2. The molecule has 2 fully saturated rings. The zero-order chi connectivity index (χ0) is 18.9. The van der Waals surface area contributed by atoms with Crippen molar-refractivity contribution in [3.63, 3.8) is 0 Å². The van der Waals surface area contributed by atoms with Gasteiger partial charge in [-0.15, -0.1) is 0 Å². The highest BCUT2D eigenvalue weighted by atomic mass is 16.6. The van der Waals surface area contributed by atoms with Crippen LogP contribution in [0.25, 0.3) is 0 Å². The fourth-order valence-electron chi connectivity index (χ4n) is 4.35. The molecule has 0 aromatic heterocycles. The Morgan fingerprint density at radius 1 is 1.27 bits per heavy atom. The van der Waals surface area contributed by atoms with Gasteiger partial charge in [0.15, 0.2) is 0 Å². The average molecular weight is 357 g/mol. The Labute approximate surface area is 153 Å². The molecule has 0 spiro atoms. The van der Waals surface area contributed by atoms with Gasteiger partial charge in [-0.2, -0.15) is 0 Å². The van der Waals surface area contributed by atoms with Crippen molar-refractivity contribution in [3.8, 4) is 0 Å². The summed E-state index contributed by atoms with van der Waals surface area (Å²) in [5.41, 5.74) is 1.42. The molecule has 0 saturated heterocycles. The topological polar surface area (TPSA) is 90.8 Å². The first kappa shape index (κ1) is 18.4. The van der Waals surface area contributed by atoms with Crippen molar-refractivity contribution in [2.45, 2.75) is 40.0 Å². The second-order valence-corrected chi connectivity index (χ2v) is 7.95. The average Bonchev–Trinajstić information content (AvgIpc) is 2.94. The fraction of sp³-hybridized carbons (Fsp3) is 0.550. The number of hydrogen-bond donors (Lipinski definition) is 1. The smallest absolute Gasteiger partial charge is 0.252 e. The van der Waals surface area contributed by atoms with E-state index in [0.717, 1.165) is 18.6 Å².